The summed E-state index contributed by atoms with van der Waals surface area (Å²) in [5.41, 5.74) is 4.28. The minimum absolute atomic E-state index is 0.0419. The van der Waals surface area contributed by atoms with Crippen LogP contribution in [0, 0.1) is 0 Å². The third-order valence-electron chi connectivity index (χ3n) is 6.28. The largest absolute Gasteiger partial charge is 0.468 e. The van der Waals surface area contributed by atoms with Crippen LogP contribution in [0.3, 0.4) is 0 Å². The first-order valence-electron chi connectivity index (χ1n) is 14.1. The lowest BCUT2D eigenvalue weighted by Gasteiger charge is -2.16. The van der Waals surface area contributed by atoms with Crippen LogP contribution in [0.15, 0.2) is 64.1 Å². The van der Waals surface area contributed by atoms with Crippen LogP contribution >= 0.6 is 11.8 Å². The Labute approximate surface area is 256 Å². The summed E-state index contributed by atoms with van der Waals surface area (Å²) in [6.07, 6.45) is 12.9. The number of hydrogen-bond donors (Lipinski definition) is 3. The standard InChI is InChI=1S/C31H47N3O6S2/c1-23(2)9-7-10-24(3)11-8-12-25(4)13-18-29(35)32-21-19-30(36)33-26-14-16-27(17-15-26)42(38,39)34-28(20-22-41-6)31(37)40-5/h9,11,13-17,28,34H,7-8,10,12,18-22H2,1-6H3,(H,32,35)(H,33,36)/b24-11+,25-13+/t28-/m0/s1. The minimum atomic E-state index is -3.97. The Bertz CT molecular complexity index is 1220. The molecule has 3 N–H and O–H groups in total. The van der Waals surface area contributed by atoms with E-state index < -0.39 is 22.0 Å². The number of ether oxygens (including phenoxy) is 1. The highest BCUT2D eigenvalue weighted by molar-refractivity contribution is 7.98. The molecule has 9 nitrogen and oxygen atoms in total. The van der Waals surface area contributed by atoms with Gasteiger partial charge in [0.15, 0.2) is 0 Å². The highest BCUT2D eigenvalue weighted by atomic mass is 32.2. The molecule has 42 heavy (non-hydrogen) atoms. The number of carbonyl (C=O) groups is 3. The minimum Gasteiger partial charge on any atom is -0.468 e. The number of anilines is 1. The van der Waals surface area contributed by atoms with Gasteiger partial charge in [-0.3, -0.25) is 14.4 Å². The molecule has 0 radical (unpaired) electrons. The van der Waals surface area contributed by atoms with E-state index in [2.05, 4.69) is 48.3 Å². The van der Waals surface area contributed by atoms with Crippen molar-refractivity contribution >= 4 is 45.3 Å². The lowest BCUT2D eigenvalue weighted by Crippen LogP contribution is -2.41. The smallest absolute Gasteiger partial charge is 0.323 e. The number of amides is 2. The first kappa shape index (κ1) is 37.1. The topological polar surface area (TPSA) is 131 Å². The van der Waals surface area contributed by atoms with Gasteiger partial charge in [-0.2, -0.15) is 16.5 Å². The monoisotopic (exact) mass is 621 g/mol. The summed E-state index contributed by atoms with van der Waals surface area (Å²) in [5, 5.41) is 5.44. The Hall–Kier alpha value is -2.89. The molecular weight excluding hydrogens is 574 g/mol. The Morgan fingerprint density at radius 1 is 0.905 bits per heavy atom. The molecular formula is C31H47N3O6S2. The summed E-state index contributed by atoms with van der Waals surface area (Å²) in [6, 6.07) is 4.63. The van der Waals surface area contributed by atoms with Crippen molar-refractivity contribution in [3.8, 4) is 0 Å². The maximum Gasteiger partial charge on any atom is 0.323 e. The highest BCUT2D eigenvalue weighted by Gasteiger charge is 2.26. The number of benzene rings is 1. The number of hydrogen-bond acceptors (Lipinski definition) is 7. The summed E-state index contributed by atoms with van der Waals surface area (Å²) >= 11 is 1.49. The number of esters is 1. The molecule has 0 aromatic heterocycles. The molecule has 1 aromatic carbocycles. The fourth-order valence-corrected chi connectivity index (χ4v) is 5.48. The Balaban J connectivity index is 2.46. The zero-order chi connectivity index (χ0) is 31.5. The van der Waals surface area contributed by atoms with Gasteiger partial charge < -0.3 is 15.4 Å². The lowest BCUT2D eigenvalue weighted by molar-refractivity contribution is -0.142. The second-order valence-corrected chi connectivity index (χ2v) is 13.0. The summed E-state index contributed by atoms with van der Waals surface area (Å²) in [5.74, 6) is -0.538. The molecule has 0 spiro atoms. The molecule has 11 heteroatoms. The van der Waals surface area contributed by atoms with Crippen molar-refractivity contribution < 1.29 is 27.5 Å². The molecule has 0 saturated heterocycles. The molecule has 0 fully saturated rings. The third kappa shape index (κ3) is 15.9. The number of allylic oxidation sites excluding steroid dienone is 5. The second-order valence-electron chi connectivity index (χ2n) is 10.3. The quantitative estimate of drug-likeness (QED) is 0.137. The molecule has 2 amide bonds. The van der Waals surface area contributed by atoms with Crippen LogP contribution in [-0.2, 0) is 29.1 Å². The van der Waals surface area contributed by atoms with E-state index in [0.29, 0.717) is 17.9 Å². The summed E-state index contributed by atoms with van der Waals surface area (Å²) in [7, 11) is -2.76. The van der Waals surface area contributed by atoms with Gasteiger partial charge >= 0.3 is 5.97 Å². The van der Waals surface area contributed by atoms with Crippen molar-refractivity contribution in [2.75, 3.05) is 31.0 Å². The van der Waals surface area contributed by atoms with Crippen LogP contribution in [0.5, 0.6) is 0 Å². The van der Waals surface area contributed by atoms with Gasteiger partial charge in [0.05, 0.1) is 12.0 Å². The first-order valence-corrected chi connectivity index (χ1v) is 17.0. The van der Waals surface area contributed by atoms with Gasteiger partial charge in [0, 0.05) is 25.1 Å². The first-order chi connectivity index (χ1) is 19.9. The normalized spacial score (nSPS) is 12.8. The van der Waals surface area contributed by atoms with Gasteiger partial charge in [0.2, 0.25) is 21.8 Å². The molecule has 0 heterocycles. The summed E-state index contributed by atoms with van der Waals surface area (Å²) in [4.78, 5) is 36.4. The highest BCUT2D eigenvalue weighted by Crippen LogP contribution is 2.16. The fraction of sp³-hybridized carbons (Fsp3) is 0.516. The summed E-state index contributed by atoms with van der Waals surface area (Å²) in [6.45, 7) is 8.57. The van der Waals surface area contributed by atoms with Crippen LogP contribution < -0.4 is 15.4 Å². The molecule has 0 aliphatic heterocycles. The predicted octanol–water partition coefficient (Wildman–Crippen LogP) is 5.51. The molecule has 0 saturated carbocycles. The number of sulfonamides is 1. The fourth-order valence-electron chi connectivity index (χ4n) is 3.79. The maximum absolute atomic E-state index is 12.7. The van der Waals surface area contributed by atoms with Crippen LogP contribution in [-0.4, -0.2) is 57.9 Å². The van der Waals surface area contributed by atoms with Crippen LogP contribution in [0.2, 0.25) is 0 Å². The van der Waals surface area contributed by atoms with E-state index in [9.17, 15) is 22.8 Å². The molecule has 234 valence electrons. The van der Waals surface area contributed by atoms with E-state index in [1.165, 1.54) is 54.3 Å². The van der Waals surface area contributed by atoms with Crippen molar-refractivity contribution in [1.29, 1.82) is 0 Å². The maximum atomic E-state index is 12.7. The number of rotatable bonds is 19. The van der Waals surface area contributed by atoms with Gasteiger partial charge in [0.25, 0.3) is 0 Å². The Morgan fingerprint density at radius 2 is 1.52 bits per heavy atom. The zero-order valence-corrected chi connectivity index (χ0v) is 27.4. The van der Waals surface area contributed by atoms with Crippen molar-refractivity contribution in [1.82, 2.24) is 10.0 Å². The molecule has 0 aliphatic rings. The number of carbonyl (C=O) groups excluding carboxylic acids is 3. The van der Waals surface area contributed by atoms with Crippen LogP contribution in [0.1, 0.15) is 72.6 Å². The zero-order valence-electron chi connectivity index (χ0n) is 25.7. The lowest BCUT2D eigenvalue weighted by atomic mass is 10.1. The Morgan fingerprint density at radius 3 is 2.12 bits per heavy atom. The van der Waals surface area contributed by atoms with Crippen LogP contribution in [0.25, 0.3) is 0 Å². The molecule has 0 aliphatic carbocycles. The number of methoxy groups -OCH3 is 1. The molecule has 1 aromatic rings. The molecule has 1 rings (SSSR count). The van der Waals surface area contributed by atoms with Gasteiger partial charge in [-0.05, 0) is 96.1 Å². The van der Waals surface area contributed by atoms with Gasteiger partial charge in [0.1, 0.15) is 6.04 Å². The molecule has 1 atom stereocenters. The molecule has 0 bridgehead atoms. The van der Waals surface area contributed by atoms with Crippen molar-refractivity contribution in [3.63, 3.8) is 0 Å². The number of thioether (sulfide) groups is 1. The van der Waals surface area contributed by atoms with E-state index in [1.807, 2.05) is 19.3 Å². The predicted molar refractivity (Wildman–Crippen MR) is 172 cm³/mol. The van der Waals surface area contributed by atoms with Crippen molar-refractivity contribution in [2.24, 2.45) is 0 Å². The Kier molecular flexibility index (Phi) is 17.8. The van der Waals surface area contributed by atoms with Gasteiger partial charge in [-0.15, -0.1) is 0 Å². The van der Waals surface area contributed by atoms with E-state index >= 15 is 0 Å². The number of nitrogens with one attached hydrogen (secondary N) is 3. The van der Waals surface area contributed by atoms with E-state index in [4.69, 9.17) is 4.74 Å². The van der Waals surface area contributed by atoms with Crippen molar-refractivity contribution in [2.45, 2.75) is 83.6 Å². The van der Waals surface area contributed by atoms with Crippen molar-refractivity contribution in [3.05, 3.63) is 59.2 Å². The van der Waals surface area contributed by atoms with Gasteiger partial charge in [-0.25, -0.2) is 8.42 Å². The average Bonchev–Trinajstić information content (AvgIpc) is 2.93. The third-order valence-corrected chi connectivity index (χ3v) is 8.41. The molecule has 0 unspecified atom stereocenters. The van der Waals surface area contributed by atoms with E-state index in [0.717, 1.165) is 31.3 Å². The second kappa shape index (κ2) is 20.1. The van der Waals surface area contributed by atoms with E-state index in [-0.39, 0.29) is 36.1 Å². The van der Waals surface area contributed by atoms with Gasteiger partial charge in [-0.1, -0.05) is 34.9 Å². The average molecular weight is 622 g/mol. The SMILES string of the molecule is COC(=O)[C@H](CCSC)NS(=O)(=O)c1ccc(NC(=O)CCNC(=O)C/C=C(\C)CC/C=C(\C)CCC=C(C)C)cc1. The van der Waals surface area contributed by atoms with Crippen LogP contribution in [0.4, 0.5) is 5.69 Å². The summed E-state index contributed by atoms with van der Waals surface area (Å²) < 4.78 is 32.6. The van der Waals surface area contributed by atoms with E-state index in [1.54, 1.807) is 0 Å².